The zero-order chi connectivity index (χ0) is 21.7. The molecule has 1 aliphatic rings. The molecule has 0 radical (unpaired) electrons. The van der Waals surface area contributed by atoms with Gasteiger partial charge in [-0.15, -0.1) is 11.8 Å². The van der Waals surface area contributed by atoms with Crippen molar-refractivity contribution in [2.45, 2.75) is 32.2 Å². The number of nitrogens with one attached hydrogen (secondary N) is 1. The van der Waals surface area contributed by atoms with Crippen LogP contribution in [0.5, 0.6) is 0 Å². The topological polar surface area (TPSA) is 69.7 Å². The largest absolute Gasteiger partial charge is 0.350 e. The molecule has 2 aromatic carbocycles. The quantitative estimate of drug-likeness (QED) is 0.739. The van der Waals surface area contributed by atoms with Gasteiger partial charge in [-0.25, -0.2) is 0 Å². The highest BCUT2D eigenvalue weighted by Crippen LogP contribution is 2.36. The molecule has 1 N–H and O–H groups in total. The minimum atomic E-state index is -0.233. The zero-order valence-electron chi connectivity index (χ0n) is 17.6. The summed E-state index contributed by atoms with van der Waals surface area (Å²) in [6.45, 7) is 7.44. The molecule has 1 aliphatic heterocycles. The third kappa shape index (κ3) is 5.02. The number of carbonyl (C=O) groups excluding carboxylic acids is 3. The van der Waals surface area contributed by atoms with Gasteiger partial charge >= 0.3 is 0 Å². The summed E-state index contributed by atoms with van der Waals surface area (Å²) in [5.41, 5.74) is 3.29. The van der Waals surface area contributed by atoms with Crippen LogP contribution in [0, 0.1) is 6.92 Å². The molecule has 1 heterocycles. The van der Waals surface area contributed by atoms with E-state index in [1.54, 1.807) is 17.0 Å². The van der Waals surface area contributed by atoms with Gasteiger partial charge < -0.3 is 15.1 Å². The zero-order valence-corrected chi connectivity index (χ0v) is 18.4. The van der Waals surface area contributed by atoms with Crippen molar-refractivity contribution < 1.29 is 14.4 Å². The number of fused-ring (bicyclic) bond motifs is 1. The van der Waals surface area contributed by atoms with Crippen LogP contribution in [-0.2, 0) is 16.1 Å². The summed E-state index contributed by atoms with van der Waals surface area (Å²) in [5, 5.41) is 2.88. The van der Waals surface area contributed by atoms with E-state index in [4.69, 9.17) is 0 Å². The fourth-order valence-corrected chi connectivity index (χ4v) is 4.34. The molecule has 0 saturated heterocycles. The van der Waals surface area contributed by atoms with Gasteiger partial charge in [0.25, 0.3) is 5.91 Å². The van der Waals surface area contributed by atoms with Crippen LogP contribution in [0.1, 0.15) is 35.3 Å². The van der Waals surface area contributed by atoms with Crippen LogP contribution >= 0.6 is 11.8 Å². The molecule has 0 atom stereocenters. The molecule has 2 aromatic rings. The van der Waals surface area contributed by atoms with Crippen molar-refractivity contribution in [2.24, 2.45) is 0 Å². The van der Waals surface area contributed by atoms with Crippen molar-refractivity contribution in [3.63, 3.8) is 0 Å². The predicted molar refractivity (Wildman–Crippen MR) is 120 cm³/mol. The summed E-state index contributed by atoms with van der Waals surface area (Å²) in [5.74, 6) is -0.162. The van der Waals surface area contributed by atoms with Crippen molar-refractivity contribution in [3.8, 4) is 0 Å². The van der Waals surface area contributed by atoms with E-state index in [-0.39, 0.29) is 30.0 Å². The summed E-state index contributed by atoms with van der Waals surface area (Å²) >= 11 is 1.43. The number of benzene rings is 2. The Bertz CT molecular complexity index is 956. The van der Waals surface area contributed by atoms with E-state index in [1.807, 2.05) is 51.1 Å². The highest BCUT2D eigenvalue weighted by atomic mass is 32.2. The number of amides is 3. The van der Waals surface area contributed by atoms with Gasteiger partial charge in [0, 0.05) is 30.1 Å². The Kier molecular flexibility index (Phi) is 7.15. The Morgan fingerprint density at radius 3 is 2.60 bits per heavy atom. The summed E-state index contributed by atoms with van der Waals surface area (Å²) < 4.78 is 0. The maximum Gasteiger partial charge on any atom is 0.253 e. The SMILES string of the molecule is CCN(CC)C(=O)c1ccc2c(c1)N(CC(=O)NCc1cccc(C)c1)C(=O)CS2. The lowest BCUT2D eigenvalue weighted by Crippen LogP contribution is -2.43. The van der Waals surface area contributed by atoms with Gasteiger partial charge in [0.1, 0.15) is 6.54 Å². The van der Waals surface area contributed by atoms with Gasteiger partial charge in [0.2, 0.25) is 11.8 Å². The molecule has 30 heavy (non-hydrogen) atoms. The van der Waals surface area contributed by atoms with Crippen LogP contribution < -0.4 is 10.2 Å². The van der Waals surface area contributed by atoms with E-state index in [0.717, 1.165) is 16.0 Å². The summed E-state index contributed by atoms with van der Waals surface area (Å²) in [6, 6.07) is 13.3. The third-order valence-electron chi connectivity index (χ3n) is 5.07. The lowest BCUT2D eigenvalue weighted by molar-refractivity contribution is -0.123. The first-order valence-electron chi connectivity index (χ1n) is 10.1. The smallest absolute Gasteiger partial charge is 0.253 e. The van der Waals surface area contributed by atoms with Crippen molar-refractivity contribution in [1.82, 2.24) is 10.2 Å². The van der Waals surface area contributed by atoms with E-state index >= 15 is 0 Å². The first kappa shape index (κ1) is 21.9. The number of nitrogens with zero attached hydrogens (tertiary/aromatic N) is 2. The third-order valence-corrected chi connectivity index (χ3v) is 6.12. The highest BCUT2D eigenvalue weighted by Gasteiger charge is 2.28. The molecule has 0 saturated carbocycles. The molecular formula is C23H27N3O3S. The second-order valence-corrected chi connectivity index (χ2v) is 8.21. The minimum Gasteiger partial charge on any atom is -0.350 e. The number of rotatable bonds is 7. The number of aryl methyl sites for hydroxylation is 1. The van der Waals surface area contributed by atoms with Crippen molar-refractivity contribution in [2.75, 3.05) is 30.3 Å². The number of hydrogen-bond acceptors (Lipinski definition) is 4. The summed E-state index contributed by atoms with van der Waals surface area (Å²) in [4.78, 5) is 42.0. The van der Waals surface area contributed by atoms with E-state index < -0.39 is 0 Å². The van der Waals surface area contributed by atoms with Gasteiger partial charge in [-0.3, -0.25) is 14.4 Å². The van der Waals surface area contributed by atoms with Crippen LogP contribution in [-0.4, -0.2) is 48.0 Å². The first-order chi connectivity index (χ1) is 14.4. The Hall–Kier alpha value is -2.80. The molecule has 3 rings (SSSR count). The lowest BCUT2D eigenvalue weighted by atomic mass is 10.1. The number of anilines is 1. The first-order valence-corrected chi connectivity index (χ1v) is 11.1. The normalized spacial score (nSPS) is 13.0. The van der Waals surface area contributed by atoms with Crippen LogP contribution in [0.15, 0.2) is 47.4 Å². The number of hydrogen-bond donors (Lipinski definition) is 1. The minimum absolute atomic E-state index is 0.0683. The van der Waals surface area contributed by atoms with E-state index in [1.165, 1.54) is 16.7 Å². The number of carbonyl (C=O) groups is 3. The van der Waals surface area contributed by atoms with Crippen molar-refractivity contribution >= 4 is 35.2 Å². The average Bonchev–Trinajstić information content (AvgIpc) is 2.75. The lowest BCUT2D eigenvalue weighted by Gasteiger charge is -2.29. The Morgan fingerprint density at radius 1 is 1.13 bits per heavy atom. The van der Waals surface area contributed by atoms with Gasteiger partial charge in [0.05, 0.1) is 11.4 Å². The standard InChI is InChI=1S/C23H27N3O3S/c1-4-25(5-2)23(29)18-9-10-20-19(12-18)26(22(28)15-30-20)14-21(27)24-13-17-8-6-7-16(3)11-17/h6-12H,4-5,13-15H2,1-3H3,(H,24,27). The molecule has 0 aliphatic carbocycles. The summed E-state index contributed by atoms with van der Waals surface area (Å²) in [6.07, 6.45) is 0. The molecule has 6 nitrogen and oxygen atoms in total. The van der Waals surface area contributed by atoms with E-state index in [2.05, 4.69) is 5.32 Å². The maximum atomic E-state index is 12.7. The van der Waals surface area contributed by atoms with E-state index in [9.17, 15) is 14.4 Å². The molecular weight excluding hydrogens is 398 g/mol. The Balaban J connectivity index is 1.75. The van der Waals surface area contributed by atoms with Crippen LogP contribution in [0.3, 0.4) is 0 Å². The van der Waals surface area contributed by atoms with Gasteiger partial charge in [-0.1, -0.05) is 29.8 Å². The second kappa shape index (κ2) is 9.80. The monoisotopic (exact) mass is 425 g/mol. The Morgan fingerprint density at radius 2 is 1.90 bits per heavy atom. The molecule has 7 heteroatoms. The van der Waals surface area contributed by atoms with Crippen molar-refractivity contribution in [3.05, 3.63) is 59.2 Å². The maximum absolute atomic E-state index is 12.7. The second-order valence-electron chi connectivity index (χ2n) is 7.19. The summed E-state index contributed by atoms with van der Waals surface area (Å²) in [7, 11) is 0. The molecule has 0 fully saturated rings. The highest BCUT2D eigenvalue weighted by molar-refractivity contribution is 8.00. The average molecular weight is 426 g/mol. The predicted octanol–water partition coefficient (Wildman–Crippen LogP) is 3.23. The van der Waals surface area contributed by atoms with Crippen molar-refractivity contribution in [1.29, 1.82) is 0 Å². The van der Waals surface area contributed by atoms with E-state index in [0.29, 0.717) is 30.9 Å². The van der Waals surface area contributed by atoms with Crippen LogP contribution in [0.4, 0.5) is 5.69 Å². The fraction of sp³-hybridized carbons (Fsp3) is 0.348. The molecule has 0 spiro atoms. The van der Waals surface area contributed by atoms with Gasteiger partial charge in [-0.05, 0) is 44.5 Å². The molecule has 3 amide bonds. The van der Waals surface area contributed by atoms with Crippen LogP contribution in [0.25, 0.3) is 0 Å². The Labute approximate surface area is 181 Å². The molecule has 0 aromatic heterocycles. The fourth-order valence-electron chi connectivity index (χ4n) is 3.42. The number of thioether (sulfide) groups is 1. The van der Waals surface area contributed by atoms with Gasteiger partial charge in [-0.2, -0.15) is 0 Å². The molecule has 0 bridgehead atoms. The van der Waals surface area contributed by atoms with Crippen LogP contribution in [0.2, 0.25) is 0 Å². The molecule has 0 unspecified atom stereocenters. The van der Waals surface area contributed by atoms with Gasteiger partial charge in [0.15, 0.2) is 0 Å². The molecule has 158 valence electrons.